The normalized spacial score (nSPS) is 11.3. The van der Waals surface area contributed by atoms with Crippen molar-refractivity contribution in [2.45, 2.75) is 25.3 Å². The first kappa shape index (κ1) is 20.6. The van der Waals surface area contributed by atoms with Gasteiger partial charge < -0.3 is 9.30 Å². The monoisotopic (exact) mass is 410 g/mol. The van der Waals surface area contributed by atoms with Gasteiger partial charge in [-0.15, -0.1) is 0 Å². The first-order valence-corrected chi connectivity index (χ1v) is 10.6. The third kappa shape index (κ3) is 4.02. The van der Waals surface area contributed by atoms with Crippen LogP contribution in [-0.4, -0.2) is 22.1 Å². The average molecular weight is 411 g/mol. The lowest BCUT2D eigenvalue weighted by molar-refractivity contribution is -0.143. The first-order chi connectivity index (χ1) is 15.3. The van der Waals surface area contributed by atoms with Crippen molar-refractivity contribution in [3.8, 4) is 0 Å². The molecule has 0 aliphatic heterocycles. The second kappa shape index (κ2) is 9.43. The molecule has 0 fully saturated rings. The van der Waals surface area contributed by atoms with Gasteiger partial charge in [-0.05, 0) is 23.6 Å². The van der Waals surface area contributed by atoms with Gasteiger partial charge in [0.2, 0.25) is 0 Å². The molecule has 0 amide bonds. The van der Waals surface area contributed by atoms with Crippen LogP contribution in [0.5, 0.6) is 0 Å². The molecular formula is C27H26N2O2. The molecule has 4 heteroatoms. The van der Waals surface area contributed by atoms with Gasteiger partial charge in [-0.1, -0.05) is 91.0 Å². The third-order valence-electron chi connectivity index (χ3n) is 5.51. The number of imidazole rings is 1. The fraction of sp³-hybridized carbons (Fsp3) is 0.185. The minimum atomic E-state index is -0.621. The number of aryl methyl sites for hydroxylation is 1. The van der Waals surface area contributed by atoms with Crippen LogP contribution in [-0.2, 0) is 21.5 Å². The first-order valence-electron chi connectivity index (χ1n) is 10.6. The minimum absolute atomic E-state index is 0.207. The van der Waals surface area contributed by atoms with Gasteiger partial charge in [-0.2, -0.15) is 0 Å². The molecule has 4 nitrogen and oxygen atoms in total. The maximum Gasteiger partial charge on any atom is 0.306 e. The Balaban J connectivity index is 1.95. The van der Waals surface area contributed by atoms with Crippen molar-refractivity contribution in [2.75, 3.05) is 6.61 Å². The summed E-state index contributed by atoms with van der Waals surface area (Å²) in [5.74, 6) is 0.631. The molecule has 31 heavy (non-hydrogen) atoms. The van der Waals surface area contributed by atoms with Crippen LogP contribution in [0.4, 0.5) is 0 Å². The van der Waals surface area contributed by atoms with Gasteiger partial charge in [0.15, 0.2) is 0 Å². The highest BCUT2D eigenvalue weighted by atomic mass is 16.5. The SMILES string of the molecule is CCOC(=O)CCc1nccn1C(c1ccccc1)(c1ccccc1)c1ccccc1. The van der Waals surface area contributed by atoms with Crippen molar-refractivity contribution >= 4 is 5.97 Å². The van der Waals surface area contributed by atoms with Crippen LogP contribution in [0.3, 0.4) is 0 Å². The number of rotatable bonds is 8. The van der Waals surface area contributed by atoms with Gasteiger partial charge >= 0.3 is 5.97 Å². The second-order valence-electron chi connectivity index (χ2n) is 7.33. The van der Waals surface area contributed by atoms with E-state index >= 15 is 0 Å². The van der Waals surface area contributed by atoms with Crippen LogP contribution >= 0.6 is 0 Å². The summed E-state index contributed by atoms with van der Waals surface area (Å²) in [5.41, 5.74) is 2.76. The molecule has 0 aliphatic carbocycles. The van der Waals surface area contributed by atoms with E-state index in [1.807, 2.05) is 37.5 Å². The minimum Gasteiger partial charge on any atom is -0.466 e. The zero-order chi connectivity index (χ0) is 21.5. The lowest BCUT2D eigenvalue weighted by Gasteiger charge is -2.38. The van der Waals surface area contributed by atoms with Crippen LogP contribution in [0.2, 0.25) is 0 Å². The number of carbonyl (C=O) groups is 1. The van der Waals surface area contributed by atoms with Crippen molar-refractivity contribution < 1.29 is 9.53 Å². The van der Waals surface area contributed by atoms with Gasteiger partial charge in [-0.25, -0.2) is 4.98 Å². The predicted molar refractivity (Wildman–Crippen MR) is 122 cm³/mol. The Hall–Kier alpha value is -3.66. The van der Waals surface area contributed by atoms with E-state index < -0.39 is 5.54 Å². The summed E-state index contributed by atoms with van der Waals surface area (Å²) in [6.07, 6.45) is 4.61. The summed E-state index contributed by atoms with van der Waals surface area (Å²) >= 11 is 0. The number of hydrogen-bond acceptors (Lipinski definition) is 3. The highest BCUT2D eigenvalue weighted by Gasteiger charge is 2.39. The summed E-state index contributed by atoms with van der Waals surface area (Å²) in [6, 6.07) is 31.3. The Morgan fingerprint density at radius 1 is 0.839 bits per heavy atom. The van der Waals surface area contributed by atoms with E-state index in [1.165, 1.54) is 0 Å². The summed E-state index contributed by atoms with van der Waals surface area (Å²) in [4.78, 5) is 16.7. The van der Waals surface area contributed by atoms with E-state index in [4.69, 9.17) is 4.74 Å². The lowest BCUT2D eigenvalue weighted by atomic mass is 9.76. The molecule has 4 aromatic rings. The number of hydrogen-bond donors (Lipinski definition) is 0. The Morgan fingerprint density at radius 2 is 1.32 bits per heavy atom. The molecule has 0 saturated heterocycles. The van der Waals surface area contributed by atoms with E-state index in [0.717, 1.165) is 22.5 Å². The van der Waals surface area contributed by atoms with Crippen molar-refractivity contribution in [3.05, 3.63) is 126 Å². The molecule has 0 saturated carbocycles. The highest BCUT2D eigenvalue weighted by Crippen LogP contribution is 2.41. The van der Waals surface area contributed by atoms with Gasteiger partial charge in [0.1, 0.15) is 11.4 Å². The number of aromatic nitrogens is 2. The molecule has 156 valence electrons. The Labute approximate surface area is 183 Å². The van der Waals surface area contributed by atoms with Gasteiger partial charge in [-0.3, -0.25) is 4.79 Å². The summed E-state index contributed by atoms with van der Waals surface area (Å²) in [6.45, 7) is 2.21. The molecular weight excluding hydrogens is 384 g/mol. The molecule has 1 aromatic heterocycles. The highest BCUT2D eigenvalue weighted by molar-refractivity contribution is 5.69. The van der Waals surface area contributed by atoms with Crippen molar-refractivity contribution in [1.82, 2.24) is 9.55 Å². The van der Waals surface area contributed by atoms with Crippen LogP contribution in [0.25, 0.3) is 0 Å². The van der Waals surface area contributed by atoms with Crippen LogP contribution in [0.1, 0.15) is 35.9 Å². The van der Waals surface area contributed by atoms with E-state index in [2.05, 4.69) is 82.3 Å². The molecule has 3 aromatic carbocycles. The van der Waals surface area contributed by atoms with E-state index in [0.29, 0.717) is 19.4 Å². The third-order valence-corrected chi connectivity index (χ3v) is 5.51. The number of benzene rings is 3. The van der Waals surface area contributed by atoms with E-state index in [1.54, 1.807) is 0 Å². The fourth-order valence-corrected chi connectivity index (χ4v) is 4.23. The van der Waals surface area contributed by atoms with Crippen molar-refractivity contribution in [1.29, 1.82) is 0 Å². The van der Waals surface area contributed by atoms with E-state index in [-0.39, 0.29) is 5.97 Å². The number of esters is 1. The van der Waals surface area contributed by atoms with Crippen molar-refractivity contribution in [3.63, 3.8) is 0 Å². The summed E-state index contributed by atoms with van der Waals surface area (Å²) < 4.78 is 7.34. The van der Waals surface area contributed by atoms with Crippen LogP contribution in [0, 0.1) is 0 Å². The molecule has 0 spiro atoms. The zero-order valence-corrected chi connectivity index (χ0v) is 17.6. The Bertz CT molecular complexity index is 1010. The average Bonchev–Trinajstić information content (AvgIpc) is 3.30. The lowest BCUT2D eigenvalue weighted by Crippen LogP contribution is -2.38. The summed E-state index contributed by atoms with van der Waals surface area (Å²) in [7, 11) is 0. The number of nitrogens with zero attached hydrogens (tertiary/aromatic N) is 2. The number of ether oxygens (including phenoxy) is 1. The quantitative estimate of drug-likeness (QED) is 0.295. The van der Waals surface area contributed by atoms with Crippen LogP contribution < -0.4 is 0 Å². The molecule has 0 radical (unpaired) electrons. The van der Waals surface area contributed by atoms with Gasteiger partial charge in [0, 0.05) is 18.8 Å². The maximum absolute atomic E-state index is 12.0. The fourth-order valence-electron chi connectivity index (χ4n) is 4.23. The molecule has 0 atom stereocenters. The van der Waals surface area contributed by atoms with Crippen LogP contribution in [0.15, 0.2) is 103 Å². The van der Waals surface area contributed by atoms with Crippen molar-refractivity contribution in [2.24, 2.45) is 0 Å². The Morgan fingerprint density at radius 3 is 1.77 bits per heavy atom. The Kier molecular flexibility index (Phi) is 6.27. The summed E-state index contributed by atoms with van der Waals surface area (Å²) in [5, 5.41) is 0. The second-order valence-corrected chi connectivity index (χ2v) is 7.33. The topological polar surface area (TPSA) is 44.1 Å². The number of carbonyl (C=O) groups excluding carboxylic acids is 1. The predicted octanol–water partition coefficient (Wildman–Crippen LogP) is 5.22. The van der Waals surface area contributed by atoms with Gasteiger partial charge in [0.05, 0.1) is 13.0 Å². The maximum atomic E-state index is 12.0. The van der Waals surface area contributed by atoms with E-state index in [9.17, 15) is 4.79 Å². The largest absolute Gasteiger partial charge is 0.466 e. The molecule has 4 rings (SSSR count). The molecule has 0 aliphatic rings. The molecule has 0 bridgehead atoms. The molecule has 1 heterocycles. The van der Waals surface area contributed by atoms with Gasteiger partial charge in [0.25, 0.3) is 0 Å². The smallest absolute Gasteiger partial charge is 0.306 e. The molecule has 0 unspecified atom stereocenters. The molecule has 0 N–H and O–H groups in total. The zero-order valence-electron chi connectivity index (χ0n) is 17.6. The standard InChI is InChI=1S/C27H26N2O2/c1-2-31-26(30)19-18-25-28-20-21-29(25)27(22-12-6-3-7-13-22,23-14-8-4-9-15-23)24-16-10-5-11-17-24/h3-17,20-21H,2,18-19H2,1H3.